The normalized spacial score (nSPS) is 10.6. The van der Waals surface area contributed by atoms with Crippen LogP contribution in [-0.2, 0) is 14.3 Å². The van der Waals surface area contributed by atoms with Crippen LogP contribution in [0, 0.1) is 0 Å². The fraction of sp³-hybridized carbons (Fsp3) is 0.500. The maximum Gasteiger partial charge on any atom is 0.412 e. The van der Waals surface area contributed by atoms with E-state index in [0.29, 0.717) is 17.1 Å². The van der Waals surface area contributed by atoms with Crippen LogP contribution in [0.25, 0.3) is 0 Å². The standard InChI is InChI=1S/C18H27N3O6/c1-6-26-16(23)19-10-9-15(22)20-12-7-8-14(25-5)13(11-12)21-17(24)27-18(2,3)4/h7-8,11H,6,9-10H2,1-5H3,(H,19,23)(H,20,22)(H,21,24). The summed E-state index contributed by atoms with van der Waals surface area (Å²) in [4.78, 5) is 35.1. The Kier molecular flexibility index (Phi) is 8.37. The van der Waals surface area contributed by atoms with Gasteiger partial charge in [-0.1, -0.05) is 0 Å². The van der Waals surface area contributed by atoms with Crippen LogP contribution in [0.1, 0.15) is 34.1 Å². The number of hydrogen-bond donors (Lipinski definition) is 3. The van der Waals surface area contributed by atoms with Gasteiger partial charge in [0.25, 0.3) is 0 Å². The molecule has 150 valence electrons. The summed E-state index contributed by atoms with van der Waals surface area (Å²) in [5.41, 5.74) is 0.173. The second-order valence-electron chi connectivity index (χ2n) is 6.49. The molecule has 0 aliphatic heterocycles. The summed E-state index contributed by atoms with van der Waals surface area (Å²) < 4.78 is 15.1. The van der Waals surface area contributed by atoms with Crippen LogP contribution < -0.4 is 20.7 Å². The number of anilines is 2. The molecule has 0 saturated carbocycles. The Bertz CT molecular complexity index is 670. The number of alkyl carbamates (subject to hydrolysis) is 1. The summed E-state index contributed by atoms with van der Waals surface area (Å²) in [5.74, 6) is 0.114. The van der Waals surface area contributed by atoms with Gasteiger partial charge in [0.2, 0.25) is 5.91 Å². The number of hydrogen-bond acceptors (Lipinski definition) is 6. The fourth-order valence-corrected chi connectivity index (χ4v) is 1.98. The molecule has 1 aromatic carbocycles. The molecule has 3 N–H and O–H groups in total. The van der Waals surface area contributed by atoms with E-state index in [1.165, 1.54) is 7.11 Å². The molecule has 0 aliphatic rings. The van der Waals surface area contributed by atoms with Crippen LogP contribution in [0.15, 0.2) is 18.2 Å². The molecule has 0 spiro atoms. The zero-order valence-corrected chi connectivity index (χ0v) is 16.3. The minimum Gasteiger partial charge on any atom is -0.495 e. The molecule has 0 bridgehead atoms. The molecule has 1 rings (SSSR count). The smallest absolute Gasteiger partial charge is 0.412 e. The highest BCUT2D eigenvalue weighted by Gasteiger charge is 2.18. The van der Waals surface area contributed by atoms with Gasteiger partial charge < -0.3 is 24.8 Å². The summed E-state index contributed by atoms with van der Waals surface area (Å²) in [7, 11) is 1.47. The Labute approximate surface area is 158 Å². The van der Waals surface area contributed by atoms with Crippen LogP contribution >= 0.6 is 0 Å². The Hall–Kier alpha value is -2.97. The predicted octanol–water partition coefficient (Wildman–Crippen LogP) is 3.12. The first kappa shape index (κ1) is 22.1. The molecule has 0 fully saturated rings. The molecule has 9 nitrogen and oxygen atoms in total. The van der Waals surface area contributed by atoms with E-state index in [2.05, 4.69) is 16.0 Å². The topological polar surface area (TPSA) is 115 Å². The average Bonchev–Trinajstić information content (AvgIpc) is 2.53. The van der Waals surface area contributed by atoms with Gasteiger partial charge in [0.1, 0.15) is 11.4 Å². The minimum atomic E-state index is -0.644. The van der Waals surface area contributed by atoms with Crippen molar-refractivity contribution in [2.45, 2.75) is 39.7 Å². The summed E-state index contributed by atoms with van der Waals surface area (Å²) in [6, 6.07) is 4.80. The highest BCUT2D eigenvalue weighted by atomic mass is 16.6. The number of nitrogens with one attached hydrogen (secondary N) is 3. The van der Waals surface area contributed by atoms with Crippen molar-refractivity contribution in [3.63, 3.8) is 0 Å². The van der Waals surface area contributed by atoms with E-state index in [4.69, 9.17) is 14.2 Å². The van der Waals surface area contributed by atoms with Crippen LogP contribution in [0.2, 0.25) is 0 Å². The van der Waals surface area contributed by atoms with Crippen LogP contribution in [0.4, 0.5) is 21.0 Å². The highest BCUT2D eigenvalue weighted by molar-refractivity contribution is 5.93. The SMILES string of the molecule is CCOC(=O)NCCC(=O)Nc1ccc(OC)c(NC(=O)OC(C)(C)C)c1. The van der Waals surface area contributed by atoms with Crippen LogP contribution in [0.5, 0.6) is 5.75 Å². The highest BCUT2D eigenvalue weighted by Crippen LogP contribution is 2.28. The summed E-state index contributed by atoms with van der Waals surface area (Å²) in [5, 5.41) is 7.74. The number of carbonyl (C=O) groups excluding carboxylic acids is 3. The quantitative estimate of drug-likeness (QED) is 0.668. The summed E-state index contributed by atoms with van der Waals surface area (Å²) in [6.45, 7) is 7.36. The van der Waals surface area contributed by atoms with Gasteiger partial charge in [-0.15, -0.1) is 0 Å². The molecular weight excluding hydrogens is 354 g/mol. The van der Waals surface area contributed by atoms with E-state index in [1.54, 1.807) is 45.9 Å². The first-order valence-corrected chi connectivity index (χ1v) is 8.53. The molecule has 9 heteroatoms. The van der Waals surface area contributed by atoms with E-state index in [-0.39, 0.29) is 25.5 Å². The van der Waals surface area contributed by atoms with Gasteiger partial charge >= 0.3 is 12.2 Å². The van der Waals surface area contributed by atoms with E-state index in [0.717, 1.165) is 0 Å². The molecular formula is C18H27N3O6. The molecule has 1 aromatic rings. The zero-order valence-electron chi connectivity index (χ0n) is 16.3. The lowest BCUT2D eigenvalue weighted by molar-refractivity contribution is -0.116. The average molecular weight is 381 g/mol. The first-order chi connectivity index (χ1) is 12.6. The maximum absolute atomic E-state index is 12.0. The summed E-state index contributed by atoms with van der Waals surface area (Å²) >= 11 is 0. The third-order valence-electron chi connectivity index (χ3n) is 3.02. The Morgan fingerprint density at radius 2 is 1.78 bits per heavy atom. The van der Waals surface area contributed by atoms with Crippen molar-refractivity contribution >= 4 is 29.5 Å². The van der Waals surface area contributed by atoms with E-state index in [1.807, 2.05) is 0 Å². The molecule has 0 aromatic heterocycles. The van der Waals surface area contributed by atoms with Gasteiger partial charge in [0, 0.05) is 18.7 Å². The van der Waals surface area contributed by atoms with Crippen molar-refractivity contribution < 1.29 is 28.6 Å². The number of benzene rings is 1. The number of methoxy groups -OCH3 is 1. The van der Waals surface area contributed by atoms with Gasteiger partial charge in [-0.25, -0.2) is 9.59 Å². The monoisotopic (exact) mass is 381 g/mol. The molecule has 0 unspecified atom stereocenters. The van der Waals surface area contributed by atoms with Crippen molar-refractivity contribution in [2.75, 3.05) is 30.9 Å². The van der Waals surface area contributed by atoms with Gasteiger partial charge in [-0.3, -0.25) is 10.1 Å². The lowest BCUT2D eigenvalue weighted by Gasteiger charge is -2.20. The Balaban J connectivity index is 2.67. The number of carbonyl (C=O) groups is 3. The number of rotatable bonds is 7. The zero-order chi connectivity index (χ0) is 20.4. The first-order valence-electron chi connectivity index (χ1n) is 8.53. The maximum atomic E-state index is 12.0. The van der Waals surface area contributed by atoms with E-state index < -0.39 is 17.8 Å². The Morgan fingerprint density at radius 3 is 2.37 bits per heavy atom. The number of ether oxygens (including phenoxy) is 3. The van der Waals surface area contributed by atoms with Gasteiger partial charge in [-0.05, 0) is 45.9 Å². The molecule has 0 saturated heterocycles. The molecule has 0 radical (unpaired) electrons. The minimum absolute atomic E-state index is 0.0691. The van der Waals surface area contributed by atoms with Crippen molar-refractivity contribution in [3.8, 4) is 5.75 Å². The molecule has 0 atom stereocenters. The second-order valence-corrected chi connectivity index (χ2v) is 6.49. The fourth-order valence-electron chi connectivity index (χ4n) is 1.98. The molecule has 3 amide bonds. The van der Waals surface area contributed by atoms with Crippen molar-refractivity contribution in [2.24, 2.45) is 0 Å². The van der Waals surface area contributed by atoms with Crippen molar-refractivity contribution in [3.05, 3.63) is 18.2 Å². The Morgan fingerprint density at radius 1 is 1.07 bits per heavy atom. The molecule has 27 heavy (non-hydrogen) atoms. The van der Waals surface area contributed by atoms with Crippen molar-refractivity contribution in [1.29, 1.82) is 0 Å². The third kappa shape index (κ3) is 8.80. The summed E-state index contributed by atoms with van der Waals surface area (Å²) in [6.07, 6.45) is -1.14. The second kappa shape index (κ2) is 10.2. The molecule has 0 heterocycles. The predicted molar refractivity (Wildman–Crippen MR) is 101 cm³/mol. The van der Waals surface area contributed by atoms with Gasteiger partial charge in [0.15, 0.2) is 0 Å². The largest absolute Gasteiger partial charge is 0.495 e. The van der Waals surface area contributed by atoms with Crippen LogP contribution in [-0.4, -0.2) is 44.0 Å². The lowest BCUT2D eigenvalue weighted by atomic mass is 10.2. The van der Waals surface area contributed by atoms with Crippen LogP contribution in [0.3, 0.4) is 0 Å². The molecule has 0 aliphatic carbocycles. The van der Waals surface area contributed by atoms with Gasteiger partial charge in [-0.2, -0.15) is 0 Å². The van der Waals surface area contributed by atoms with Gasteiger partial charge in [0.05, 0.1) is 19.4 Å². The number of amides is 3. The lowest BCUT2D eigenvalue weighted by Crippen LogP contribution is -2.28. The van der Waals surface area contributed by atoms with E-state index in [9.17, 15) is 14.4 Å². The van der Waals surface area contributed by atoms with E-state index >= 15 is 0 Å². The third-order valence-corrected chi connectivity index (χ3v) is 3.02. The van der Waals surface area contributed by atoms with Crippen molar-refractivity contribution in [1.82, 2.24) is 5.32 Å².